The van der Waals surface area contributed by atoms with E-state index >= 15 is 0 Å². The molecular weight excluding hydrogens is 294 g/mol. The van der Waals surface area contributed by atoms with Crippen molar-refractivity contribution in [3.8, 4) is 0 Å². The van der Waals surface area contributed by atoms with Crippen molar-refractivity contribution < 1.29 is 4.74 Å². The number of aryl methyl sites for hydroxylation is 1. The molecule has 122 valence electrons. The van der Waals surface area contributed by atoms with Crippen LogP contribution in [0.15, 0.2) is 18.3 Å². The molecule has 2 saturated heterocycles. The molecule has 2 aliphatic rings. The molecular formula is C17H27N3OS. The highest BCUT2D eigenvalue weighted by atomic mass is 32.1. The lowest BCUT2D eigenvalue weighted by Gasteiger charge is -2.33. The maximum Gasteiger partial charge on any atom is 0.169 e. The topological polar surface area (TPSA) is 29.4 Å². The van der Waals surface area contributed by atoms with E-state index in [-0.39, 0.29) is 0 Å². The van der Waals surface area contributed by atoms with Crippen molar-refractivity contribution in [2.24, 2.45) is 7.05 Å². The third-order valence-electron chi connectivity index (χ3n) is 4.84. The fraction of sp³-hybridized carbons (Fsp3) is 0.706. The third-order valence-corrected chi connectivity index (χ3v) is 5.22. The smallest absolute Gasteiger partial charge is 0.169 e. The van der Waals surface area contributed by atoms with Crippen LogP contribution in [0.1, 0.15) is 50.3 Å². The van der Waals surface area contributed by atoms with Crippen LogP contribution in [0.5, 0.6) is 0 Å². The summed E-state index contributed by atoms with van der Waals surface area (Å²) in [6.45, 7) is 2.79. The van der Waals surface area contributed by atoms with Crippen molar-refractivity contribution in [1.82, 2.24) is 14.8 Å². The predicted molar refractivity (Wildman–Crippen MR) is 92.9 cm³/mol. The molecule has 1 aromatic rings. The molecule has 0 aliphatic carbocycles. The molecule has 4 nitrogen and oxygen atoms in total. The Morgan fingerprint density at radius 1 is 1.32 bits per heavy atom. The van der Waals surface area contributed by atoms with Gasteiger partial charge in [0, 0.05) is 38.6 Å². The van der Waals surface area contributed by atoms with Gasteiger partial charge in [-0.2, -0.15) is 0 Å². The van der Waals surface area contributed by atoms with Crippen LogP contribution in [-0.2, 0) is 11.8 Å². The van der Waals surface area contributed by atoms with Gasteiger partial charge in [-0.1, -0.05) is 12.8 Å². The van der Waals surface area contributed by atoms with Gasteiger partial charge in [-0.05, 0) is 50.0 Å². The number of rotatable bonds is 3. The van der Waals surface area contributed by atoms with Gasteiger partial charge in [0.2, 0.25) is 0 Å². The van der Waals surface area contributed by atoms with Gasteiger partial charge in [0.25, 0.3) is 0 Å². The Hall–Kier alpha value is -1.07. The first-order valence-corrected chi connectivity index (χ1v) is 8.94. The summed E-state index contributed by atoms with van der Waals surface area (Å²) in [7, 11) is 2.13. The Kier molecular flexibility index (Phi) is 5.37. The van der Waals surface area contributed by atoms with Gasteiger partial charge in [-0.3, -0.25) is 0 Å². The van der Waals surface area contributed by atoms with Crippen LogP contribution in [-0.4, -0.2) is 40.4 Å². The van der Waals surface area contributed by atoms with Crippen molar-refractivity contribution in [2.45, 2.75) is 50.7 Å². The Morgan fingerprint density at radius 2 is 2.23 bits per heavy atom. The number of nitrogens with zero attached hydrogens (tertiary/aromatic N) is 2. The summed E-state index contributed by atoms with van der Waals surface area (Å²) < 4.78 is 7.92. The van der Waals surface area contributed by atoms with Gasteiger partial charge in [0.05, 0.1) is 12.1 Å². The lowest BCUT2D eigenvalue weighted by atomic mass is 10.1. The highest BCUT2D eigenvalue weighted by molar-refractivity contribution is 7.80. The fourth-order valence-electron chi connectivity index (χ4n) is 3.59. The quantitative estimate of drug-likeness (QED) is 0.867. The van der Waals surface area contributed by atoms with Crippen LogP contribution >= 0.6 is 12.2 Å². The second-order valence-corrected chi connectivity index (χ2v) is 6.81. The largest absolute Gasteiger partial charge is 0.376 e. The zero-order valence-electron chi connectivity index (χ0n) is 13.5. The zero-order valence-corrected chi connectivity index (χ0v) is 14.3. The molecule has 3 rings (SSSR count). The lowest BCUT2D eigenvalue weighted by molar-refractivity contribution is 0.113. The molecule has 1 N–H and O–H groups in total. The summed E-state index contributed by atoms with van der Waals surface area (Å²) in [4.78, 5) is 2.40. The highest BCUT2D eigenvalue weighted by Gasteiger charge is 2.26. The average Bonchev–Trinajstić information content (AvgIpc) is 3.12. The first kappa shape index (κ1) is 15.8. The minimum Gasteiger partial charge on any atom is -0.376 e. The molecule has 0 aromatic carbocycles. The molecule has 0 spiro atoms. The van der Waals surface area contributed by atoms with Crippen molar-refractivity contribution in [3.63, 3.8) is 0 Å². The lowest BCUT2D eigenvalue weighted by Crippen LogP contribution is -2.44. The number of aromatic nitrogens is 1. The summed E-state index contributed by atoms with van der Waals surface area (Å²) in [5.41, 5.74) is 1.36. The van der Waals surface area contributed by atoms with Crippen molar-refractivity contribution in [2.75, 3.05) is 19.7 Å². The number of hydrogen-bond donors (Lipinski definition) is 1. The summed E-state index contributed by atoms with van der Waals surface area (Å²) in [5.74, 6) is 0. The Morgan fingerprint density at radius 3 is 2.95 bits per heavy atom. The number of thiocarbonyl (C=S) groups is 1. The van der Waals surface area contributed by atoms with Crippen LogP contribution in [0.4, 0.5) is 0 Å². The molecule has 2 fully saturated rings. The monoisotopic (exact) mass is 321 g/mol. The summed E-state index contributed by atoms with van der Waals surface area (Å²) in [6, 6.07) is 4.75. The molecule has 2 atom stereocenters. The Bertz CT molecular complexity index is 496. The molecule has 0 radical (unpaired) electrons. The van der Waals surface area contributed by atoms with Crippen molar-refractivity contribution >= 4 is 17.3 Å². The molecule has 22 heavy (non-hydrogen) atoms. The first-order chi connectivity index (χ1) is 10.8. The Balaban J connectivity index is 1.67. The number of nitrogens with one attached hydrogen (secondary N) is 1. The van der Waals surface area contributed by atoms with Gasteiger partial charge in [-0.25, -0.2) is 0 Å². The minimum atomic E-state index is 0.332. The van der Waals surface area contributed by atoms with E-state index < -0.39 is 0 Å². The van der Waals surface area contributed by atoms with Crippen LogP contribution in [0.3, 0.4) is 0 Å². The SMILES string of the molecule is Cn1cccc1[C@H]1CCCCCN1C(=S)NC[C@@H]1CCCO1. The first-order valence-electron chi connectivity index (χ1n) is 8.53. The van der Waals surface area contributed by atoms with Gasteiger partial charge in [-0.15, -0.1) is 0 Å². The molecule has 0 saturated carbocycles. The van der Waals surface area contributed by atoms with Gasteiger partial charge < -0.3 is 19.5 Å². The van der Waals surface area contributed by atoms with Gasteiger partial charge >= 0.3 is 0 Å². The van der Waals surface area contributed by atoms with E-state index in [1.807, 2.05) is 0 Å². The van der Waals surface area contributed by atoms with Crippen LogP contribution in [0.2, 0.25) is 0 Å². The zero-order chi connectivity index (χ0) is 15.4. The number of ether oxygens (including phenoxy) is 1. The molecule has 3 heterocycles. The predicted octanol–water partition coefficient (Wildman–Crippen LogP) is 3.00. The summed E-state index contributed by atoms with van der Waals surface area (Å²) in [5, 5.41) is 4.35. The maximum atomic E-state index is 5.71. The standard InChI is InChI=1S/C17H27N3OS/c1-19-10-5-9-15(19)16-8-3-2-4-11-20(16)17(22)18-13-14-7-6-12-21-14/h5,9-10,14,16H,2-4,6-8,11-13H2,1H3,(H,18,22)/t14-,16+/m0/s1. The average molecular weight is 321 g/mol. The number of hydrogen-bond acceptors (Lipinski definition) is 2. The minimum absolute atomic E-state index is 0.332. The molecule has 5 heteroatoms. The molecule has 1 aromatic heterocycles. The Labute approximate surface area is 138 Å². The maximum absolute atomic E-state index is 5.71. The molecule has 0 unspecified atom stereocenters. The summed E-state index contributed by atoms with van der Waals surface area (Å²) >= 11 is 5.71. The normalized spacial score (nSPS) is 26.0. The van der Waals surface area contributed by atoms with E-state index in [0.717, 1.165) is 31.2 Å². The highest BCUT2D eigenvalue weighted by Crippen LogP contribution is 2.30. The van der Waals surface area contributed by atoms with Crippen LogP contribution in [0.25, 0.3) is 0 Å². The van der Waals surface area contributed by atoms with Gasteiger partial charge in [0.1, 0.15) is 0 Å². The van der Waals surface area contributed by atoms with E-state index in [1.54, 1.807) is 0 Å². The van der Waals surface area contributed by atoms with Crippen molar-refractivity contribution in [3.05, 3.63) is 24.0 Å². The van der Waals surface area contributed by atoms with Crippen LogP contribution < -0.4 is 5.32 Å². The van der Waals surface area contributed by atoms with E-state index in [1.165, 1.54) is 37.8 Å². The van der Waals surface area contributed by atoms with Gasteiger partial charge in [0.15, 0.2) is 5.11 Å². The third kappa shape index (κ3) is 3.63. The second-order valence-electron chi connectivity index (χ2n) is 6.42. The molecule has 0 amide bonds. The van der Waals surface area contributed by atoms with E-state index in [0.29, 0.717) is 12.1 Å². The van der Waals surface area contributed by atoms with E-state index in [2.05, 4.69) is 40.2 Å². The van der Waals surface area contributed by atoms with E-state index in [4.69, 9.17) is 17.0 Å². The molecule has 2 aliphatic heterocycles. The number of likely N-dealkylation sites (tertiary alicyclic amines) is 1. The van der Waals surface area contributed by atoms with Crippen molar-refractivity contribution in [1.29, 1.82) is 0 Å². The summed E-state index contributed by atoms with van der Waals surface area (Å²) in [6.07, 6.45) is 9.76. The fourth-order valence-corrected chi connectivity index (χ4v) is 3.89. The van der Waals surface area contributed by atoms with Crippen LogP contribution in [0, 0.1) is 0 Å². The van der Waals surface area contributed by atoms with E-state index in [9.17, 15) is 0 Å². The molecule has 0 bridgehead atoms. The second kappa shape index (κ2) is 7.47.